The van der Waals surface area contributed by atoms with Crippen LogP contribution in [0.15, 0.2) is 60.8 Å². The smallest absolute Gasteiger partial charge is 0.251 e. The van der Waals surface area contributed by atoms with E-state index in [0.29, 0.717) is 5.56 Å². The highest BCUT2D eigenvalue weighted by Gasteiger charge is 2.21. The molecule has 0 saturated carbocycles. The van der Waals surface area contributed by atoms with Crippen LogP contribution in [0.1, 0.15) is 47.8 Å². The fraction of sp³-hybridized carbons (Fsp3) is 0.227. The molecule has 27 heavy (non-hydrogen) atoms. The van der Waals surface area contributed by atoms with Gasteiger partial charge < -0.3 is 11.1 Å². The topological polar surface area (TPSA) is 80.9 Å². The van der Waals surface area contributed by atoms with Crippen LogP contribution in [0.3, 0.4) is 0 Å². The molecule has 0 bridgehead atoms. The highest BCUT2D eigenvalue weighted by atomic mass is 16.1. The third kappa shape index (κ3) is 3.97. The molecule has 3 aromatic rings. The lowest BCUT2D eigenvalue weighted by atomic mass is 9.87. The molecule has 0 spiro atoms. The number of amides is 1. The van der Waals surface area contributed by atoms with Gasteiger partial charge in [-0.15, -0.1) is 0 Å². The van der Waals surface area contributed by atoms with E-state index in [4.69, 9.17) is 5.73 Å². The highest BCUT2D eigenvalue weighted by molar-refractivity contribution is 5.95. The summed E-state index contributed by atoms with van der Waals surface area (Å²) in [7, 11) is 0. The van der Waals surface area contributed by atoms with E-state index in [-0.39, 0.29) is 25.3 Å². The summed E-state index contributed by atoms with van der Waals surface area (Å²) in [6.45, 7) is 0. The SMILES string of the molecule is C.Nc1nccc(-c2ccc(C(=O)N[C@@H]3CCCc4ccccc43)cc2)n1. The van der Waals surface area contributed by atoms with Gasteiger partial charge >= 0.3 is 0 Å². The predicted octanol–water partition coefficient (Wildman–Crippen LogP) is 4.17. The number of nitrogens with one attached hydrogen (secondary N) is 1. The maximum atomic E-state index is 12.7. The summed E-state index contributed by atoms with van der Waals surface area (Å²) < 4.78 is 0. The van der Waals surface area contributed by atoms with Crippen molar-refractivity contribution in [1.29, 1.82) is 0 Å². The van der Waals surface area contributed by atoms with Crippen molar-refractivity contribution in [2.24, 2.45) is 0 Å². The number of nitrogen functional groups attached to an aromatic ring is 1. The minimum atomic E-state index is -0.0551. The lowest BCUT2D eigenvalue weighted by Crippen LogP contribution is -2.30. The summed E-state index contributed by atoms with van der Waals surface area (Å²) in [5.41, 5.74) is 10.5. The third-order valence-electron chi connectivity index (χ3n) is 4.79. The predicted molar refractivity (Wildman–Crippen MR) is 108 cm³/mol. The second-order valence-corrected chi connectivity index (χ2v) is 6.49. The zero-order valence-corrected chi connectivity index (χ0v) is 14.4. The molecule has 1 heterocycles. The number of anilines is 1. The molecule has 5 nitrogen and oxygen atoms in total. The summed E-state index contributed by atoms with van der Waals surface area (Å²) in [5, 5.41) is 3.18. The Bertz CT molecular complexity index is 937. The molecule has 1 aliphatic carbocycles. The minimum Gasteiger partial charge on any atom is -0.368 e. The highest BCUT2D eigenvalue weighted by Crippen LogP contribution is 2.29. The maximum absolute atomic E-state index is 12.7. The largest absolute Gasteiger partial charge is 0.368 e. The fourth-order valence-electron chi connectivity index (χ4n) is 3.47. The zero-order valence-electron chi connectivity index (χ0n) is 14.4. The number of carbonyl (C=O) groups is 1. The Morgan fingerprint density at radius 1 is 1.07 bits per heavy atom. The number of nitrogens with zero attached hydrogens (tertiary/aromatic N) is 2. The summed E-state index contributed by atoms with van der Waals surface area (Å²) in [6.07, 6.45) is 4.77. The van der Waals surface area contributed by atoms with Crippen LogP contribution in [0.5, 0.6) is 0 Å². The normalized spacial score (nSPS) is 15.3. The zero-order chi connectivity index (χ0) is 17.9. The average molecular weight is 360 g/mol. The number of hydrogen-bond acceptors (Lipinski definition) is 4. The number of nitrogens with two attached hydrogens (primary N) is 1. The van der Waals surface area contributed by atoms with Crippen molar-refractivity contribution in [2.45, 2.75) is 32.7 Å². The van der Waals surface area contributed by atoms with Crippen molar-refractivity contribution in [3.05, 3.63) is 77.5 Å². The van der Waals surface area contributed by atoms with E-state index in [1.807, 2.05) is 30.3 Å². The Kier molecular flexibility index (Phi) is 5.50. The van der Waals surface area contributed by atoms with Gasteiger partial charge in [0.15, 0.2) is 0 Å². The first-order chi connectivity index (χ1) is 12.7. The van der Waals surface area contributed by atoms with Crippen LogP contribution < -0.4 is 11.1 Å². The van der Waals surface area contributed by atoms with Crippen molar-refractivity contribution in [2.75, 3.05) is 5.73 Å². The quantitative estimate of drug-likeness (QED) is 0.734. The first kappa shape index (κ1) is 18.6. The van der Waals surface area contributed by atoms with E-state index in [0.717, 1.165) is 30.5 Å². The van der Waals surface area contributed by atoms with Crippen molar-refractivity contribution >= 4 is 11.9 Å². The van der Waals surface area contributed by atoms with Crippen LogP contribution in [0.25, 0.3) is 11.3 Å². The number of fused-ring (bicyclic) bond motifs is 1. The van der Waals surface area contributed by atoms with E-state index < -0.39 is 0 Å². The Morgan fingerprint density at radius 3 is 2.63 bits per heavy atom. The van der Waals surface area contributed by atoms with Crippen LogP contribution in [-0.4, -0.2) is 15.9 Å². The molecule has 1 aliphatic rings. The number of carbonyl (C=O) groups excluding carboxylic acids is 1. The van der Waals surface area contributed by atoms with Crippen molar-refractivity contribution < 1.29 is 4.79 Å². The van der Waals surface area contributed by atoms with E-state index in [1.54, 1.807) is 12.3 Å². The molecule has 3 N–H and O–H groups in total. The molecule has 0 aliphatic heterocycles. The average Bonchev–Trinajstić information content (AvgIpc) is 2.68. The van der Waals surface area contributed by atoms with E-state index in [2.05, 4.69) is 33.5 Å². The summed E-state index contributed by atoms with van der Waals surface area (Å²) in [5.74, 6) is 0.181. The van der Waals surface area contributed by atoms with Crippen molar-refractivity contribution in [3.63, 3.8) is 0 Å². The summed E-state index contributed by atoms with van der Waals surface area (Å²) >= 11 is 0. The van der Waals surface area contributed by atoms with Crippen LogP contribution >= 0.6 is 0 Å². The standard InChI is InChI=1S/C21H20N4O.CH4/c22-21-23-13-12-18(25-21)15-8-10-16(11-9-15)20(26)24-19-7-3-5-14-4-1-2-6-17(14)19;/h1-2,4,6,8-13,19H,3,5,7H2,(H,24,26)(H2,22,23,25);1H4/t19-;/m1./s1. The molecule has 138 valence electrons. The molecular formula is C22H24N4O. The van der Waals surface area contributed by atoms with E-state index in [1.165, 1.54) is 11.1 Å². The molecule has 1 atom stereocenters. The molecule has 1 amide bonds. The van der Waals surface area contributed by atoms with Gasteiger partial charge in [0.05, 0.1) is 11.7 Å². The van der Waals surface area contributed by atoms with Gasteiger partial charge in [-0.3, -0.25) is 4.79 Å². The van der Waals surface area contributed by atoms with Gasteiger partial charge in [-0.1, -0.05) is 43.8 Å². The lowest BCUT2D eigenvalue weighted by molar-refractivity contribution is 0.0933. The van der Waals surface area contributed by atoms with Gasteiger partial charge in [-0.05, 0) is 48.6 Å². The Labute approximate surface area is 159 Å². The van der Waals surface area contributed by atoms with Crippen molar-refractivity contribution in [3.8, 4) is 11.3 Å². The van der Waals surface area contributed by atoms with Crippen molar-refractivity contribution in [1.82, 2.24) is 15.3 Å². The maximum Gasteiger partial charge on any atom is 0.251 e. The van der Waals surface area contributed by atoms with Crippen LogP contribution in [0.4, 0.5) is 5.95 Å². The molecule has 0 unspecified atom stereocenters. The molecule has 2 aromatic carbocycles. The molecule has 0 radical (unpaired) electrons. The Hall–Kier alpha value is -3.21. The van der Waals surface area contributed by atoms with Crippen LogP contribution in [0, 0.1) is 0 Å². The van der Waals surface area contributed by atoms with Gasteiger partial charge in [-0.2, -0.15) is 0 Å². The second kappa shape index (κ2) is 7.99. The van der Waals surface area contributed by atoms with E-state index in [9.17, 15) is 4.79 Å². The number of aromatic nitrogens is 2. The molecule has 0 saturated heterocycles. The van der Waals surface area contributed by atoms with E-state index >= 15 is 0 Å². The summed E-state index contributed by atoms with van der Waals surface area (Å²) in [4.78, 5) is 20.8. The first-order valence-corrected chi connectivity index (χ1v) is 8.78. The molecule has 1 aromatic heterocycles. The molecule has 0 fully saturated rings. The Balaban J connectivity index is 0.00000210. The third-order valence-corrected chi connectivity index (χ3v) is 4.79. The van der Waals surface area contributed by atoms with Gasteiger partial charge in [0.1, 0.15) is 0 Å². The van der Waals surface area contributed by atoms with Crippen LogP contribution in [-0.2, 0) is 6.42 Å². The van der Waals surface area contributed by atoms with Gasteiger partial charge in [0, 0.05) is 17.3 Å². The molecular weight excluding hydrogens is 336 g/mol. The fourth-order valence-corrected chi connectivity index (χ4v) is 3.47. The van der Waals surface area contributed by atoms with Gasteiger partial charge in [0.2, 0.25) is 5.95 Å². The van der Waals surface area contributed by atoms with Gasteiger partial charge in [0.25, 0.3) is 5.91 Å². The first-order valence-electron chi connectivity index (χ1n) is 8.78. The van der Waals surface area contributed by atoms with Gasteiger partial charge in [-0.25, -0.2) is 9.97 Å². The van der Waals surface area contributed by atoms with Crippen LogP contribution in [0.2, 0.25) is 0 Å². The number of hydrogen-bond donors (Lipinski definition) is 2. The molecule has 5 heteroatoms. The Morgan fingerprint density at radius 2 is 1.85 bits per heavy atom. The second-order valence-electron chi connectivity index (χ2n) is 6.49. The number of aryl methyl sites for hydroxylation is 1. The molecule has 4 rings (SSSR count). The minimum absolute atomic E-state index is 0. The number of rotatable bonds is 3. The summed E-state index contributed by atoms with van der Waals surface area (Å²) in [6, 6.07) is 17.6. The monoisotopic (exact) mass is 360 g/mol. The lowest BCUT2D eigenvalue weighted by Gasteiger charge is -2.26. The number of benzene rings is 2.